The Labute approximate surface area is 181 Å². The third kappa shape index (κ3) is 4.17. The van der Waals surface area contributed by atoms with Crippen LogP contribution in [0.3, 0.4) is 0 Å². The van der Waals surface area contributed by atoms with Crippen molar-refractivity contribution >= 4 is 35.8 Å². The van der Waals surface area contributed by atoms with Gasteiger partial charge in [0.2, 0.25) is 0 Å². The van der Waals surface area contributed by atoms with Gasteiger partial charge in [-0.2, -0.15) is 0 Å². The quantitative estimate of drug-likeness (QED) is 0.713. The van der Waals surface area contributed by atoms with Gasteiger partial charge in [0.1, 0.15) is 5.75 Å². The van der Waals surface area contributed by atoms with Crippen molar-refractivity contribution in [1.82, 2.24) is 10.6 Å². The highest BCUT2D eigenvalue weighted by Crippen LogP contribution is 2.30. The number of carbonyl (C=O) groups is 3. The Hall–Kier alpha value is -2.90. The minimum atomic E-state index is -0.425. The first-order chi connectivity index (χ1) is 14.1. The molecule has 8 heteroatoms. The van der Waals surface area contributed by atoms with E-state index in [0.29, 0.717) is 29.2 Å². The number of anilines is 1. The minimum Gasteiger partial charge on any atom is -0.494 e. The number of nitrogens with zero attached hydrogens (tertiary/aromatic N) is 1. The first kappa shape index (κ1) is 21.8. The highest BCUT2D eigenvalue weighted by molar-refractivity contribution is 6.34. The van der Waals surface area contributed by atoms with E-state index in [-0.39, 0.29) is 35.8 Å². The van der Waals surface area contributed by atoms with Crippen molar-refractivity contribution in [2.24, 2.45) is 0 Å². The minimum absolute atomic E-state index is 0. The van der Waals surface area contributed by atoms with Crippen molar-refractivity contribution in [3.8, 4) is 5.75 Å². The third-order valence-corrected chi connectivity index (χ3v) is 5.23. The number of fused-ring (bicyclic) bond motifs is 1. The Morgan fingerprint density at radius 1 is 1.07 bits per heavy atom. The van der Waals surface area contributed by atoms with Crippen LogP contribution in [0.15, 0.2) is 42.5 Å². The average molecular weight is 430 g/mol. The van der Waals surface area contributed by atoms with Gasteiger partial charge in [0.05, 0.1) is 23.4 Å². The Balaban J connectivity index is 0.00000256. The van der Waals surface area contributed by atoms with Crippen LogP contribution in [0.2, 0.25) is 0 Å². The summed E-state index contributed by atoms with van der Waals surface area (Å²) in [6.07, 6.45) is 1.75. The first-order valence-corrected chi connectivity index (χ1v) is 9.85. The number of nitrogens with one attached hydrogen (secondary N) is 2. The molecule has 3 amide bonds. The number of piperidine rings is 1. The molecule has 0 atom stereocenters. The fourth-order valence-corrected chi connectivity index (χ4v) is 3.71. The van der Waals surface area contributed by atoms with E-state index in [1.54, 1.807) is 36.4 Å². The van der Waals surface area contributed by atoms with Crippen molar-refractivity contribution in [3.05, 3.63) is 59.2 Å². The molecule has 0 aromatic heterocycles. The van der Waals surface area contributed by atoms with Crippen LogP contribution in [0, 0.1) is 0 Å². The van der Waals surface area contributed by atoms with Gasteiger partial charge in [-0.3, -0.25) is 14.4 Å². The molecule has 158 valence electrons. The molecule has 2 aromatic rings. The van der Waals surface area contributed by atoms with Gasteiger partial charge in [-0.1, -0.05) is 0 Å². The Morgan fingerprint density at radius 2 is 1.73 bits per heavy atom. The maximum atomic E-state index is 12.9. The molecule has 0 radical (unpaired) electrons. The van der Waals surface area contributed by atoms with Crippen LogP contribution in [0.1, 0.15) is 50.8 Å². The van der Waals surface area contributed by atoms with Crippen LogP contribution in [0.25, 0.3) is 0 Å². The van der Waals surface area contributed by atoms with Gasteiger partial charge in [0.25, 0.3) is 17.7 Å². The molecule has 1 saturated heterocycles. The van der Waals surface area contributed by atoms with Crippen LogP contribution >= 0.6 is 12.4 Å². The molecule has 2 N–H and O–H groups in total. The molecule has 0 unspecified atom stereocenters. The molecule has 0 bridgehead atoms. The van der Waals surface area contributed by atoms with Gasteiger partial charge in [-0.05, 0) is 75.3 Å². The summed E-state index contributed by atoms with van der Waals surface area (Å²) in [6, 6.07) is 11.6. The Morgan fingerprint density at radius 3 is 2.40 bits per heavy atom. The van der Waals surface area contributed by atoms with Crippen molar-refractivity contribution < 1.29 is 19.1 Å². The molecule has 2 aliphatic heterocycles. The standard InChI is InChI=1S/C22H23N3O4.ClH/c1-2-29-17-6-4-16(5-7-17)25-21(27)18-8-3-14(13-19(18)22(25)28)20(26)24-15-9-11-23-12-10-15;/h3-8,13,15,23H,2,9-12H2,1H3,(H,24,26);1H. The van der Waals surface area contributed by atoms with Crippen molar-refractivity contribution in [3.63, 3.8) is 0 Å². The van der Waals surface area contributed by atoms with Crippen LogP contribution in [-0.2, 0) is 0 Å². The molecule has 2 aromatic carbocycles. The Bertz CT molecular complexity index is 955. The maximum Gasteiger partial charge on any atom is 0.266 e. The smallest absolute Gasteiger partial charge is 0.266 e. The number of carbonyl (C=O) groups excluding carboxylic acids is 3. The van der Waals surface area contributed by atoms with Gasteiger partial charge in [-0.15, -0.1) is 12.4 Å². The number of benzene rings is 2. The fourth-order valence-electron chi connectivity index (χ4n) is 3.71. The zero-order valence-corrected chi connectivity index (χ0v) is 17.5. The van der Waals surface area contributed by atoms with E-state index in [4.69, 9.17) is 4.74 Å². The molecule has 2 aliphatic rings. The van der Waals surface area contributed by atoms with Crippen LogP contribution < -0.4 is 20.3 Å². The topological polar surface area (TPSA) is 87.7 Å². The van der Waals surface area contributed by atoms with Crippen LogP contribution in [0.5, 0.6) is 5.75 Å². The van der Waals surface area contributed by atoms with E-state index in [2.05, 4.69) is 10.6 Å². The molecule has 30 heavy (non-hydrogen) atoms. The summed E-state index contributed by atoms with van der Waals surface area (Å²) in [5.41, 5.74) is 1.42. The number of imide groups is 1. The zero-order valence-electron chi connectivity index (χ0n) is 16.6. The summed E-state index contributed by atoms with van der Waals surface area (Å²) in [5.74, 6) is -0.366. The number of hydrogen-bond donors (Lipinski definition) is 2. The second-order valence-electron chi connectivity index (χ2n) is 7.13. The predicted molar refractivity (Wildman–Crippen MR) is 116 cm³/mol. The van der Waals surface area contributed by atoms with Gasteiger partial charge < -0.3 is 15.4 Å². The van der Waals surface area contributed by atoms with Crippen LogP contribution in [0.4, 0.5) is 5.69 Å². The monoisotopic (exact) mass is 429 g/mol. The lowest BCUT2D eigenvalue weighted by Crippen LogP contribution is -2.42. The molecule has 4 rings (SSSR count). The maximum absolute atomic E-state index is 12.9. The summed E-state index contributed by atoms with van der Waals surface area (Å²) in [5, 5.41) is 6.27. The van der Waals surface area contributed by atoms with E-state index in [0.717, 1.165) is 30.8 Å². The van der Waals surface area contributed by atoms with E-state index >= 15 is 0 Å². The largest absolute Gasteiger partial charge is 0.494 e. The normalized spacial score (nSPS) is 16.1. The van der Waals surface area contributed by atoms with Gasteiger partial charge in [0.15, 0.2) is 0 Å². The van der Waals surface area contributed by atoms with E-state index in [1.165, 1.54) is 6.07 Å². The summed E-state index contributed by atoms with van der Waals surface area (Å²) < 4.78 is 5.41. The molecule has 1 fully saturated rings. The summed E-state index contributed by atoms with van der Waals surface area (Å²) in [4.78, 5) is 39.4. The predicted octanol–water partition coefficient (Wildman–Crippen LogP) is 2.79. The third-order valence-electron chi connectivity index (χ3n) is 5.23. The lowest BCUT2D eigenvalue weighted by Gasteiger charge is -2.23. The first-order valence-electron chi connectivity index (χ1n) is 9.85. The van der Waals surface area contributed by atoms with E-state index in [9.17, 15) is 14.4 Å². The lowest BCUT2D eigenvalue weighted by atomic mass is 10.0. The van der Waals surface area contributed by atoms with Gasteiger partial charge in [-0.25, -0.2) is 4.90 Å². The number of rotatable bonds is 5. The molecule has 0 saturated carbocycles. The number of ether oxygens (including phenoxy) is 1. The van der Waals surface area contributed by atoms with E-state index in [1.807, 2.05) is 6.92 Å². The Kier molecular flexibility index (Phi) is 6.74. The SMILES string of the molecule is CCOc1ccc(N2C(=O)c3ccc(C(=O)NC4CCNCC4)cc3C2=O)cc1.Cl. The number of amides is 3. The fraction of sp³-hybridized carbons (Fsp3) is 0.318. The molecular formula is C22H24ClN3O4. The van der Waals surface area contributed by atoms with Gasteiger partial charge >= 0.3 is 0 Å². The number of hydrogen-bond acceptors (Lipinski definition) is 5. The average Bonchev–Trinajstić information content (AvgIpc) is 2.99. The van der Waals surface area contributed by atoms with E-state index < -0.39 is 5.91 Å². The van der Waals surface area contributed by atoms with Gasteiger partial charge in [0, 0.05) is 11.6 Å². The van der Waals surface area contributed by atoms with Crippen molar-refractivity contribution in [1.29, 1.82) is 0 Å². The molecule has 0 spiro atoms. The van der Waals surface area contributed by atoms with Crippen LogP contribution in [-0.4, -0.2) is 43.5 Å². The van der Waals surface area contributed by atoms with Crippen molar-refractivity contribution in [2.45, 2.75) is 25.8 Å². The van der Waals surface area contributed by atoms with Crippen molar-refractivity contribution in [2.75, 3.05) is 24.6 Å². The molecule has 7 nitrogen and oxygen atoms in total. The number of halogens is 1. The zero-order chi connectivity index (χ0) is 20.4. The second-order valence-corrected chi connectivity index (χ2v) is 7.13. The molecule has 0 aliphatic carbocycles. The summed E-state index contributed by atoms with van der Waals surface area (Å²) in [7, 11) is 0. The molecule has 2 heterocycles. The second kappa shape index (κ2) is 9.28. The highest BCUT2D eigenvalue weighted by Gasteiger charge is 2.37. The lowest BCUT2D eigenvalue weighted by molar-refractivity contribution is 0.0918. The highest BCUT2D eigenvalue weighted by atomic mass is 35.5. The summed E-state index contributed by atoms with van der Waals surface area (Å²) >= 11 is 0. The summed E-state index contributed by atoms with van der Waals surface area (Å²) in [6.45, 7) is 4.17. The molecular weight excluding hydrogens is 406 g/mol.